The van der Waals surface area contributed by atoms with E-state index in [1.165, 1.54) is 31.6 Å². The van der Waals surface area contributed by atoms with Gasteiger partial charge in [0, 0.05) is 45.0 Å². The molecule has 0 saturated carbocycles. The number of hydrogen-bond donors (Lipinski definition) is 1. The third-order valence-corrected chi connectivity index (χ3v) is 5.36. The van der Waals surface area contributed by atoms with Gasteiger partial charge in [-0.15, -0.1) is 0 Å². The van der Waals surface area contributed by atoms with Gasteiger partial charge < -0.3 is 20.0 Å². The van der Waals surface area contributed by atoms with E-state index in [0.717, 1.165) is 45.7 Å². The van der Waals surface area contributed by atoms with Crippen LogP contribution in [0, 0.1) is 5.92 Å². The van der Waals surface area contributed by atoms with Gasteiger partial charge in [-0.2, -0.15) is 0 Å². The number of likely N-dealkylation sites (tertiary alicyclic amines) is 1. The number of anilines is 1. The van der Waals surface area contributed by atoms with Crippen LogP contribution in [0.3, 0.4) is 0 Å². The first-order chi connectivity index (χ1) is 12.3. The van der Waals surface area contributed by atoms with E-state index in [-0.39, 0.29) is 6.03 Å². The molecule has 1 unspecified atom stereocenters. The number of para-hydroxylation sites is 1. The highest BCUT2D eigenvalue weighted by atomic mass is 16.2. The molecule has 1 N–H and O–H groups in total. The Bertz CT molecular complexity index is 536. The second-order valence-corrected chi connectivity index (χ2v) is 7.30. The molecule has 1 aromatic carbocycles. The number of benzene rings is 1. The second kappa shape index (κ2) is 9.09. The maximum Gasteiger partial charge on any atom is 0.317 e. The lowest BCUT2D eigenvalue weighted by Gasteiger charge is -2.24. The van der Waals surface area contributed by atoms with Gasteiger partial charge in [0.1, 0.15) is 0 Å². The van der Waals surface area contributed by atoms with E-state index in [1.807, 2.05) is 11.0 Å². The number of amides is 2. The summed E-state index contributed by atoms with van der Waals surface area (Å²) in [6.45, 7) is 10.1. The summed E-state index contributed by atoms with van der Waals surface area (Å²) in [6, 6.07) is 10.6. The van der Waals surface area contributed by atoms with Gasteiger partial charge in [-0.25, -0.2) is 4.79 Å². The number of nitrogens with one attached hydrogen (secondary N) is 1. The highest BCUT2D eigenvalue weighted by Gasteiger charge is 2.24. The largest absolute Gasteiger partial charge is 0.370 e. The van der Waals surface area contributed by atoms with Crippen LogP contribution >= 0.6 is 0 Å². The minimum atomic E-state index is 0.115. The van der Waals surface area contributed by atoms with Gasteiger partial charge in [-0.3, -0.25) is 0 Å². The van der Waals surface area contributed by atoms with Crippen LogP contribution in [0.1, 0.15) is 26.2 Å². The van der Waals surface area contributed by atoms with E-state index in [1.54, 1.807) is 0 Å². The van der Waals surface area contributed by atoms with Gasteiger partial charge in [0.2, 0.25) is 0 Å². The fraction of sp³-hybridized carbons (Fsp3) is 0.650. The summed E-state index contributed by atoms with van der Waals surface area (Å²) in [7, 11) is 0. The standard InChI is InChI=1S/C20H32N4O/c1-2-10-22-13-9-18(17-22)16-21-20(25)24-12-6-11-23(14-15-24)19-7-4-3-5-8-19/h3-5,7-8,18H,2,6,9-17H2,1H3,(H,21,25). The molecule has 0 spiro atoms. The number of carbonyl (C=O) groups is 1. The predicted molar refractivity (Wildman–Crippen MR) is 103 cm³/mol. The van der Waals surface area contributed by atoms with Gasteiger partial charge in [0.05, 0.1) is 0 Å². The van der Waals surface area contributed by atoms with Gasteiger partial charge >= 0.3 is 6.03 Å². The van der Waals surface area contributed by atoms with Crippen LogP contribution in [-0.2, 0) is 0 Å². The van der Waals surface area contributed by atoms with E-state index >= 15 is 0 Å². The Balaban J connectivity index is 1.42. The molecule has 5 nitrogen and oxygen atoms in total. The summed E-state index contributed by atoms with van der Waals surface area (Å²) in [5, 5.41) is 3.18. The SMILES string of the molecule is CCCN1CCC(CNC(=O)N2CCCN(c3ccccc3)CC2)C1. The van der Waals surface area contributed by atoms with E-state index in [9.17, 15) is 4.79 Å². The summed E-state index contributed by atoms with van der Waals surface area (Å²) in [4.78, 5) is 19.4. The molecule has 3 rings (SSSR count). The van der Waals surface area contributed by atoms with Crippen molar-refractivity contribution in [2.75, 3.05) is 57.3 Å². The fourth-order valence-electron chi connectivity index (χ4n) is 3.96. The molecule has 25 heavy (non-hydrogen) atoms. The zero-order valence-corrected chi connectivity index (χ0v) is 15.5. The van der Waals surface area contributed by atoms with Gasteiger partial charge in [0.15, 0.2) is 0 Å². The first-order valence-electron chi connectivity index (χ1n) is 9.81. The molecular formula is C20H32N4O. The van der Waals surface area contributed by atoms with Crippen LogP contribution in [0.4, 0.5) is 10.5 Å². The maximum absolute atomic E-state index is 12.5. The molecule has 2 amide bonds. The van der Waals surface area contributed by atoms with Crippen LogP contribution in [0.15, 0.2) is 30.3 Å². The van der Waals surface area contributed by atoms with Gasteiger partial charge in [-0.05, 0) is 50.4 Å². The number of rotatable bonds is 5. The summed E-state index contributed by atoms with van der Waals surface area (Å²) in [5.74, 6) is 0.614. The van der Waals surface area contributed by atoms with Crippen LogP contribution in [0.2, 0.25) is 0 Å². The van der Waals surface area contributed by atoms with E-state index in [4.69, 9.17) is 0 Å². The average molecular weight is 345 g/mol. The topological polar surface area (TPSA) is 38.8 Å². The van der Waals surface area contributed by atoms with E-state index < -0.39 is 0 Å². The molecule has 2 fully saturated rings. The Morgan fingerprint density at radius 1 is 1.12 bits per heavy atom. The molecular weight excluding hydrogens is 312 g/mol. The Labute approximate surface area is 152 Å². The number of carbonyl (C=O) groups excluding carboxylic acids is 1. The molecule has 2 heterocycles. The third-order valence-electron chi connectivity index (χ3n) is 5.36. The first-order valence-corrected chi connectivity index (χ1v) is 9.81. The lowest BCUT2D eigenvalue weighted by molar-refractivity contribution is 0.199. The summed E-state index contributed by atoms with van der Waals surface area (Å²) >= 11 is 0. The van der Waals surface area contributed by atoms with Crippen molar-refractivity contribution in [2.45, 2.75) is 26.2 Å². The Kier molecular flexibility index (Phi) is 6.56. The fourth-order valence-corrected chi connectivity index (χ4v) is 3.96. The smallest absolute Gasteiger partial charge is 0.317 e. The van der Waals surface area contributed by atoms with Crippen molar-refractivity contribution >= 4 is 11.7 Å². The number of urea groups is 1. The molecule has 2 aliphatic heterocycles. The van der Waals surface area contributed by atoms with Gasteiger partial charge in [0.25, 0.3) is 0 Å². The first kappa shape index (κ1) is 18.1. The quantitative estimate of drug-likeness (QED) is 0.892. The van der Waals surface area contributed by atoms with Crippen molar-refractivity contribution in [1.29, 1.82) is 0 Å². The minimum Gasteiger partial charge on any atom is -0.370 e. The minimum absolute atomic E-state index is 0.115. The van der Waals surface area contributed by atoms with Gasteiger partial charge in [-0.1, -0.05) is 25.1 Å². The van der Waals surface area contributed by atoms with Crippen molar-refractivity contribution in [2.24, 2.45) is 5.92 Å². The Morgan fingerprint density at radius 3 is 2.76 bits per heavy atom. The Morgan fingerprint density at radius 2 is 1.96 bits per heavy atom. The molecule has 1 atom stereocenters. The monoisotopic (exact) mass is 344 g/mol. The molecule has 0 bridgehead atoms. The number of nitrogens with zero attached hydrogens (tertiary/aromatic N) is 3. The molecule has 2 aliphatic rings. The van der Waals surface area contributed by atoms with Crippen molar-refractivity contribution in [3.8, 4) is 0 Å². The number of hydrogen-bond acceptors (Lipinski definition) is 3. The van der Waals surface area contributed by atoms with Crippen LogP contribution < -0.4 is 10.2 Å². The summed E-state index contributed by atoms with van der Waals surface area (Å²) in [5.41, 5.74) is 1.26. The van der Waals surface area contributed by atoms with E-state index in [2.05, 4.69) is 46.3 Å². The van der Waals surface area contributed by atoms with Crippen molar-refractivity contribution in [3.05, 3.63) is 30.3 Å². The second-order valence-electron chi connectivity index (χ2n) is 7.30. The normalized spacial score (nSPS) is 22.0. The average Bonchev–Trinajstić information content (AvgIpc) is 2.94. The lowest BCUT2D eigenvalue weighted by Crippen LogP contribution is -2.43. The van der Waals surface area contributed by atoms with Crippen molar-refractivity contribution < 1.29 is 4.79 Å². The van der Waals surface area contributed by atoms with Crippen LogP contribution in [-0.4, -0.2) is 68.2 Å². The molecule has 0 aromatic heterocycles. The molecule has 0 radical (unpaired) electrons. The molecule has 138 valence electrons. The zero-order chi connectivity index (χ0) is 17.5. The molecule has 5 heteroatoms. The maximum atomic E-state index is 12.5. The highest BCUT2D eigenvalue weighted by Crippen LogP contribution is 2.17. The zero-order valence-electron chi connectivity index (χ0n) is 15.5. The third kappa shape index (κ3) is 5.11. The highest BCUT2D eigenvalue weighted by molar-refractivity contribution is 5.74. The molecule has 0 aliphatic carbocycles. The molecule has 1 aromatic rings. The summed E-state index contributed by atoms with van der Waals surface area (Å²) < 4.78 is 0. The predicted octanol–water partition coefficient (Wildman–Crippen LogP) is 2.64. The Hall–Kier alpha value is -1.75. The van der Waals surface area contributed by atoms with Crippen LogP contribution in [0.5, 0.6) is 0 Å². The summed E-state index contributed by atoms with van der Waals surface area (Å²) in [6.07, 6.45) is 3.45. The van der Waals surface area contributed by atoms with Crippen molar-refractivity contribution in [1.82, 2.24) is 15.1 Å². The lowest BCUT2D eigenvalue weighted by atomic mass is 10.1. The van der Waals surface area contributed by atoms with E-state index in [0.29, 0.717) is 5.92 Å². The molecule has 2 saturated heterocycles. The van der Waals surface area contributed by atoms with Crippen LogP contribution in [0.25, 0.3) is 0 Å². The van der Waals surface area contributed by atoms with Crippen molar-refractivity contribution in [3.63, 3.8) is 0 Å².